The van der Waals surface area contributed by atoms with Crippen LogP contribution in [-0.4, -0.2) is 61.8 Å². The Morgan fingerprint density at radius 3 is 1.62 bits per heavy atom. The molecular weight excluding hydrogens is 585 g/mol. The Bertz CT molecular complexity index is 884. The summed E-state index contributed by atoms with van der Waals surface area (Å²) in [5.74, 6) is -14.2. The van der Waals surface area contributed by atoms with Crippen LogP contribution in [0.5, 0.6) is 0 Å². The van der Waals surface area contributed by atoms with Crippen LogP contribution in [-0.2, 0) is 4.74 Å². The summed E-state index contributed by atoms with van der Waals surface area (Å²) in [6.45, 7) is 2.52. The van der Waals surface area contributed by atoms with Crippen molar-refractivity contribution in [2.45, 2.75) is 126 Å². The van der Waals surface area contributed by atoms with Crippen LogP contribution in [0.4, 0.5) is 48.3 Å². The van der Waals surface area contributed by atoms with Gasteiger partial charge in [-0.1, -0.05) is 19.8 Å². The third-order valence-electron chi connectivity index (χ3n) is 11.5. The van der Waals surface area contributed by atoms with Gasteiger partial charge in [0.2, 0.25) is 0 Å². The molecule has 42 heavy (non-hydrogen) atoms. The molecule has 12 heteroatoms. The molecular formula is C30H41F11O. The standard InChI is InChI=1S/C30H41F11O/c1-13-2-4-14(5-3-13)17-6-16-9-19(31)24(27(36)28(16)42-12-17)15-7-20(32)25(21(33)8-15)29(37,38)18-10-22(34)26(23(35)11-18)30(39,40)41/h13-28H,2-12H2,1H3. The van der Waals surface area contributed by atoms with Gasteiger partial charge in [-0.2, -0.15) is 13.2 Å². The molecule has 0 N–H and O–H groups in total. The lowest BCUT2D eigenvalue weighted by Crippen LogP contribution is -2.58. The van der Waals surface area contributed by atoms with Crippen molar-refractivity contribution in [3.8, 4) is 0 Å². The van der Waals surface area contributed by atoms with Crippen molar-refractivity contribution < 1.29 is 53.0 Å². The summed E-state index contributed by atoms with van der Waals surface area (Å²) in [7, 11) is 0. The second kappa shape index (κ2) is 12.2. The molecule has 4 aliphatic carbocycles. The quantitative estimate of drug-likeness (QED) is 0.283. The molecule has 1 saturated heterocycles. The summed E-state index contributed by atoms with van der Waals surface area (Å²) in [6.07, 6.45) is -20.5. The van der Waals surface area contributed by atoms with Crippen LogP contribution in [0.3, 0.4) is 0 Å². The number of ether oxygens (including phenoxy) is 1. The fourth-order valence-corrected chi connectivity index (χ4v) is 9.20. The highest BCUT2D eigenvalue weighted by atomic mass is 19.4. The number of fused-ring (bicyclic) bond motifs is 1. The van der Waals surface area contributed by atoms with Crippen LogP contribution in [0.1, 0.15) is 71.1 Å². The van der Waals surface area contributed by atoms with Gasteiger partial charge in [-0.25, -0.2) is 35.1 Å². The van der Waals surface area contributed by atoms with E-state index in [0.717, 1.165) is 25.7 Å². The van der Waals surface area contributed by atoms with E-state index in [0.29, 0.717) is 24.9 Å². The maximum atomic E-state index is 15.8. The van der Waals surface area contributed by atoms with Gasteiger partial charge in [0.25, 0.3) is 5.92 Å². The molecule has 10 unspecified atom stereocenters. The Morgan fingerprint density at radius 1 is 0.548 bits per heavy atom. The second-order valence-corrected chi connectivity index (χ2v) is 14.1. The molecule has 5 fully saturated rings. The van der Waals surface area contributed by atoms with E-state index in [-0.39, 0.29) is 18.3 Å². The Kier molecular flexibility index (Phi) is 9.45. The first kappa shape index (κ1) is 32.6. The van der Waals surface area contributed by atoms with E-state index in [1.54, 1.807) is 0 Å². The minimum atomic E-state index is -5.29. The Morgan fingerprint density at radius 2 is 1.07 bits per heavy atom. The van der Waals surface area contributed by atoms with Gasteiger partial charge in [0.05, 0.1) is 18.6 Å². The Labute approximate surface area is 239 Å². The maximum Gasteiger partial charge on any atom is 0.397 e. The maximum absolute atomic E-state index is 15.8. The highest BCUT2D eigenvalue weighted by molar-refractivity contribution is 5.06. The van der Waals surface area contributed by atoms with Gasteiger partial charge in [-0.15, -0.1) is 0 Å². The topological polar surface area (TPSA) is 9.23 Å². The van der Waals surface area contributed by atoms with Crippen LogP contribution in [0.2, 0.25) is 0 Å². The van der Waals surface area contributed by atoms with Gasteiger partial charge >= 0.3 is 6.18 Å². The van der Waals surface area contributed by atoms with Crippen LogP contribution in [0, 0.1) is 53.3 Å². The van der Waals surface area contributed by atoms with Crippen molar-refractivity contribution in [3.05, 3.63) is 0 Å². The zero-order valence-electron chi connectivity index (χ0n) is 23.6. The largest absolute Gasteiger partial charge is 0.397 e. The predicted molar refractivity (Wildman–Crippen MR) is 133 cm³/mol. The average molecular weight is 627 g/mol. The summed E-state index contributed by atoms with van der Waals surface area (Å²) in [4.78, 5) is 0. The SMILES string of the molecule is CC1CCC(C2COC3C(CC(F)C(C4CC(F)C(C(F)(F)C5CC(F)C(C(F)(F)F)C(F)C5)C(F)C4)C3F)C2)CC1. The molecule has 10 atom stereocenters. The number of halogens is 11. The second-order valence-electron chi connectivity index (χ2n) is 14.1. The molecule has 1 aliphatic heterocycles. The number of alkyl halides is 11. The minimum absolute atomic E-state index is 0.0441. The third kappa shape index (κ3) is 6.18. The van der Waals surface area contributed by atoms with Crippen LogP contribution in [0.15, 0.2) is 0 Å². The summed E-state index contributed by atoms with van der Waals surface area (Å²) in [5.41, 5.74) is 0. The molecule has 4 saturated carbocycles. The van der Waals surface area contributed by atoms with Crippen molar-refractivity contribution in [2.24, 2.45) is 53.3 Å². The van der Waals surface area contributed by atoms with Crippen LogP contribution >= 0.6 is 0 Å². The van der Waals surface area contributed by atoms with E-state index in [2.05, 4.69) is 6.92 Å². The lowest BCUT2D eigenvalue weighted by atomic mass is 9.61. The van der Waals surface area contributed by atoms with Crippen LogP contribution in [0.25, 0.3) is 0 Å². The average Bonchev–Trinajstić information content (AvgIpc) is 2.87. The van der Waals surface area contributed by atoms with E-state index >= 15 is 26.3 Å². The smallest absolute Gasteiger partial charge is 0.375 e. The first-order valence-electron chi connectivity index (χ1n) is 15.5. The summed E-state index contributed by atoms with van der Waals surface area (Å²) < 4.78 is 166. The lowest BCUT2D eigenvalue weighted by Gasteiger charge is -2.51. The molecule has 1 nitrogen and oxygen atoms in total. The van der Waals surface area contributed by atoms with Crippen molar-refractivity contribution in [2.75, 3.05) is 6.61 Å². The lowest BCUT2D eigenvalue weighted by molar-refractivity contribution is -0.241. The van der Waals surface area contributed by atoms with Crippen molar-refractivity contribution in [3.63, 3.8) is 0 Å². The molecule has 0 aromatic carbocycles. The number of hydrogen-bond donors (Lipinski definition) is 0. The van der Waals surface area contributed by atoms with Gasteiger partial charge in [0, 0.05) is 11.8 Å². The van der Waals surface area contributed by atoms with E-state index in [9.17, 15) is 22.0 Å². The highest BCUT2D eigenvalue weighted by Gasteiger charge is 2.63. The summed E-state index contributed by atoms with van der Waals surface area (Å²) >= 11 is 0. The highest BCUT2D eigenvalue weighted by Crippen LogP contribution is 2.55. The fraction of sp³-hybridized carbons (Fsp3) is 1.00. The molecule has 244 valence electrons. The zero-order chi connectivity index (χ0) is 30.7. The van der Waals surface area contributed by atoms with E-state index in [1.807, 2.05) is 0 Å². The van der Waals surface area contributed by atoms with E-state index in [1.165, 1.54) is 0 Å². The minimum Gasteiger partial charge on any atom is -0.375 e. The Balaban J connectivity index is 1.22. The summed E-state index contributed by atoms with van der Waals surface area (Å²) in [5, 5.41) is 0. The van der Waals surface area contributed by atoms with Gasteiger partial charge in [0.15, 0.2) is 0 Å². The fourth-order valence-electron chi connectivity index (χ4n) is 9.20. The summed E-state index contributed by atoms with van der Waals surface area (Å²) in [6, 6.07) is 0. The normalized spacial score (nSPS) is 51.1. The van der Waals surface area contributed by atoms with Crippen LogP contribution < -0.4 is 0 Å². The molecule has 0 aromatic rings. The van der Waals surface area contributed by atoms with Gasteiger partial charge < -0.3 is 4.74 Å². The number of hydrogen-bond acceptors (Lipinski definition) is 1. The van der Waals surface area contributed by atoms with Gasteiger partial charge in [-0.3, -0.25) is 0 Å². The monoisotopic (exact) mass is 626 g/mol. The Hall–Kier alpha value is -0.810. The molecule has 5 rings (SSSR count). The molecule has 0 bridgehead atoms. The third-order valence-corrected chi connectivity index (χ3v) is 11.5. The molecule has 0 spiro atoms. The first-order chi connectivity index (χ1) is 19.6. The molecule has 0 aromatic heterocycles. The van der Waals surface area contributed by atoms with Crippen molar-refractivity contribution in [1.82, 2.24) is 0 Å². The molecule has 0 amide bonds. The van der Waals surface area contributed by atoms with Gasteiger partial charge in [0.1, 0.15) is 42.9 Å². The molecule has 1 heterocycles. The zero-order valence-corrected chi connectivity index (χ0v) is 23.6. The van der Waals surface area contributed by atoms with E-state index < -0.39 is 111 Å². The van der Waals surface area contributed by atoms with Crippen molar-refractivity contribution >= 4 is 0 Å². The number of rotatable bonds is 4. The molecule has 0 radical (unpaired) electrons. The van der Waals surface area contributed by atoms with Gasteiger partial charge in [-0.05, 0) is 81.0 Å². The van der Waals surface area contributed by atoms with E-state index in [4.69, 9.17) is 4.74 Å². The first-order valence-corrected chi connectivity index (χ1v) is 15.5. The van der Waals surface area contributed by atoms with Crippen molar-refractivity contribution in [1.29, 1.82) is 0 Å². The molecule has 5 aliphatic rings. The predicted octanol–water partition coefficient (Wildman–Crippen LogP) is 9.13.